The van der Waals surface area contributed by atoms with E-state index >= 15 is 0 Å². The molecule has 57 heavy (non-hydrogen) atoms. The van der Waals surface area contributed by atoms with Crippen LogP contribution in [0.4, 0.5) is 0 Å². The fourth-order valence-electron chi connectivity index (χ4n) is 5.10. The first kappa shape index (κ1) is 47.0. The van der Waals surface area contributed by atoms with Crippen molar-refractivity contribution in [3.63, 3.8) is 0 Å². The van der Waals surface area contributed by atoms with Crippen LogP contribution < -0.4 is 9.47 Å². The first-order chi connectivity index (χ1) is 26.9. The molecule has 308 valence electrons. The second kappa shape index (κ2) is 23.0. The van der Waals surface area contributed by atoms with Crippen molar-refractivity contribution in [1.29, 1.82) is 0 Å². The van der Waals surface area contributed by atoms with Crippen LogP contribution in [-0.4, -0.2) is 84.7 Å². The Labute approximate surface area is 332 Å². The predicted octanol–water partition coefficient (Wildman–Crippen LogP) is 6.02. The number of carboxylic acids is 2. The van der Waals surface area contributed by atoms with Crippen LogP contribution in [0.15, 0.2) is 86.0 Å². The Bertz CT molecular complexity index is 1690. The topological polar surface area (TPSA) is 198 Å². The molecule has 0 amide bonds. The van der Waals surface area contributed by atoms with Crippen molar-refractivity contribution < 1.29 is 67.4 Å². The molecule has 0 fully saturated rings. The molecule has 0 aliphatic carbocycles. The lowest BCUT2D eigenvalue weighted by Crippen LogP contribution is -2.31. The zero-order valence-corrected chi connectivity index (χ0v) is 33.0. The van der Waals surface area contributed by atoms with Gasteiger partial charge in [-0.3, -0.25) is 19.2 Å². The summed E-state index contributed by atoms with van der Waals surface area (Å²) in [5.41, 5.74) is 3.12. The normalized spacial score (nSPS) is 11.9. The Balaban J connectivity index is 2.34. The van der Waals surface area contributed by atoms with E-state index in [0.717, 1.165) is 22.3 Å². The summed E-state index contributed by atoms with van der Waals surface area (Å²) in [5, 5.41) is 17.9. The van der Waals surface area contributed by atoms with Crippen LogP contribution in [0.1, 0.15) is 75.6 Å². The molecule has 0 aliphatic heterocycles. The SMILES string of the molecule is C=CCc1cc(C(C)(C)c2ccc(OCC(COC(=O)C(=C)C)OC(=O)CCC(=O)O)c(CC=C)c2)ccc1OCC(COC(=O)C(=C)C)OC(=O)CCC(=O)O. The van der Waals surface area contributed by atoms with Crippen molar-refractivity contribution in [2.24, 2.45) is 0 Å². The second-order valence-electron chi connectivity index (χ2n) is 13.6. The lowest BCUT2D eigenvalue weighted by Gasteiger charge is -2.29. The molecular weight excluding hydrogens is 740 g/mol. The summed E-state index contributed by atoms with van der Waals surface area (Å²) in [6, 6.07) is 11.3. The number of rotatable bonds is 26. The first-order valence-electron chi connectivity index (χ1n) is 18.1. The van der Waals surface area contributed by atoms with Crippen LogP contribution in [0.3, 0.4) is 0 Å². The third-order valence-electron chi connectivity index (χ3n) is 8.32. The minimum Gasteiger partial charge on any atom is -0.489 e. The van der Waals surface area contributed by atoms with E-state index in [-0.39, 0.29) is 50.4 Å². The zero-order chi connectivity index (χ0) is 42.7. The average molecular weight is 793 g/mol. The molecule has 0 aliphatic rings. The molecule has 2 aromatic rings. The number of aliphatic carboxylic acids is 2. The summed E-state index contributed by atoms with van der Waals surface area (Å²) in [6.45, 7) is 20.8. The molecule has 14 nitrogen and oxygen atoms in total. The van der Waals surface area contributed by atoms with E-state index in [0.29, 0.717) is 24.3 Å². The van der Waals surface area contributed by atoms with E-state index in [1.807, 2.05) is 38.1 Å². The van der Waals surface area contributed by atoms with E-state index in [1.54, 1.807) is 24.3 Å². The highest BCUT2D eigenvalue weighted by Crippen LogP contribution is 2.37. The van der Waals surface area contributed by atoms with Gasteiger partial charge in [-0.25, -0.2) is 9.59 Å². The van der Waals surface area contributed by atoms with E-state index in [1.165, 1.54) is 13.8 Å². The number of allylic oxidation sites excluding steroid dienone is 2. The minimum absolute atomic E-state index is 0.151. The van der Waals surface area contributed by atoms with Crippen LogP contribution in [0, 0.1) is 0 Å². The zero-order valence-electron chi connectivity index (χ0n) is 33.0. The summed E-state index contributed by atoms with van der Waals surface area (Å²) in [5.74, 6) is -4.32. The van der Waals surface area contributed by atoms with Crippen molar-refractivity contribution in [2.75, 3.05) is 26.4 Å². The summed E-state index contributed by atoms with van der Waals surface area (Å²) in [6.07, 6.45) is 0.619. The summed E-state index contributed by atoms with van der Waals surface area (Å²) >= 11 is 0. The molecule has 2 rings (SSSR count). The molecule has 0 aromatic heterocycles. The Morgan fingerprint density at radius 2 is 1.00 bits per heavy atom. The van der Waals surface area contributed by atoms with Crippen LogP contribution in [0.2, 0.25) is 0 Å². The van der Waals surface area contributed by atoms with Gasteiger partial charge in [-0.2, -0.15) is 0 Å². The van der Waals surface area contributed by atoms with Crippen LogP contribution in [-0.2, 0) is 66.0 Å². The predicted molar refractivity (Wildman–Crippen MR) is 209 cm³/mol. The van der Waals surface area contributed by atoms with E-state index in [9.17, 15) is 28.8 Å². The van der Waals surface area contributed by atoms with Crippen LogP contribution >= 0.6 is 0 Å². The molecule has 0 saturated carbocycles. The Morgan fingerprint density at radius 1 is 0.632 bits per heavy atom. The van der Waals surface area contributed by atoms with Gasteiger partial charge in [0.1, 0.15) is 37.9 Å². The smallest absolute Gasteiger partial charge is 0.333 e. The Morgan fingerprint density at radius 3 is 1.32 bits per heavy atom. The molecule has 2 aromatic carbocycles. The molecule has 2 N–H and O–H groups in total. The molecule has 2 atom stereocenters. The van der Waals surface area contributed by atoms with Gasteiger partial charge in [0, 0.05) is 16.6 Å². The highest BCUT2D eigenvalue weighted by molar-refractivity contribution is 5.87. The minimum atomic E-state index is -1.16. The van der Waals surface area contributed by atoms with Crippen molar-refractivity contribution >= 4 is 35.8 Å². The van der Waals surface area contributed by atoms with Gasteiger partial charge in [0.05, 0.1) is 25.7 Å². The monoisotopic (exact) mass is 792 g/mol. The standard InChI is InChI=1S/C43H52O14/c1-9-11-29-21-31(13-15-35(29)52-23-33(25-54-41(50)27(3)4)56-39(48)19-17-37(44)45)43(7,8)32-14-16-36(30(22-32)12-10-2)53-24-34(26-55-42(51)28(5)6)57-40(49)20-18-38(46)47/h9-10,13-16,21-22,33-34H,1-3,5,11-12,17-20,23-26H2,4,6-8H3,(H,44,45)(H,46,47). The van der Waals surface area contributed by atoms with Crippen molar-refractivity contribution in [3.8, 4) is 11.5 Å². The van der Waals surface area contributed by atoms with Crippen LogP contribution in [0.25, 0.3) is 0 Å². The van der Waals surface area contributed by atoms with Crippen molar-refractivity contribution in [2.45, 2.75) is 83.8 Å². The van der Waals surface area contributed by atoms with Gasteiger partial charge in [0.25, 0.3) is 0 Å². The number of carbonyl (C=O) groups excluding carboxylic acids is 4. The number of ether oxygens (including phenoxy) is 6. The summed E-state index contributed by atoms with van der Waals surface area (Å²) in [7, 11) is 0. The van der Waals surface area contributed by atoms with Gasteiger partial charge in [0.15, 0.2) is 12.2 Å². The van der Waals surface area contributed by atoms with Gasteiger partial charge in [-0.05, 0) is 61.1 Å². The van der Waals surface area contributed by atoms with Crippen molar-refractivity contribution in [1.82, 2.24) is 0 Å². The molecule has 0 radical (unpaired) electrons. The van der Waals surface area contributed by atoms with Gasteiger partial charge >= 0.3 is 35.8 Å². The third kappa shape index (κ3) is 16.2. The molecule has 2 unspecified atom stereocenters. The van der Waals surface area contributed by atoms with Crippen LogP contribution in [0.5, 0.6) is 11.5 Å². The van der Waals surface area contributed by atoms with E-state index in [4.69, 9.17) is 38.6 Å². The van der Waals surface area contributed by atoms with E-state index in [2.05, 4.69) is 26.3 Å². The van der Waals surface area contributed by atoms with Gasteiger partial charge in [0.2, 0.25) is 0 Å². The largest absolute Gasteiger partial charge is 0.489 e. The summed E-state index contributed by atoms with van der Waals surface area (Å²) < 4.78 is 33.3. The summed E-state index contributed by atoms with van der Waals surface area (Å²) in [4.78, 5) is 70.6. The van der Waals surface area contributed by atoms with Crippen molar-refractivity contribution in [3.05, 3.63) is 108 Å². The maximum Gasteiger partial charge on any atom is 0.333 e. The highest BCUT2D eigenvalue weighted by atomic mass is 16.6. The highest BCUT2D eigenvalue weighted by Gasteiger charge is 2.27. The first-order valence-corrected chi connectivity index (χ1v) is 18.1. The number of carboxylic acid groups (broad SMARTS) is 2. The Kier molecular flexibility index (Phi) is 19.0. The van der Waals surface area contributed by atoms with Gasteiger partial charge in [-0.15, -0.1) is 13.2 Å². The lowest BCUT2D eigenvalue weighted by atomic mass is 9.76. The number of esters is 4. The maximum atomic E-state index is 12.3. The van der Waals surface area contributed by atoms with Gasteiger partial charge in [-0.1, -0.05) is 63.4 Å². The number of hydrogen-bond acceptors (Lipinski definition) is 12. The molecular formula is C43H52O14. The lowest BCUT2D eigenvalue weighted by molar-refractivity contribution is -0.160. The molecule has 0 spiro atoms. The number of carbonyl (C=O) groups is 6. The molecule has 0 heterocycles. The van der Waals surface area contributed by atoms with E-state index < -0.39 is 66.3 Å². The maximum absolute atomic E-state index is 12.3. The molecule has 0 bridgehead atoms. The van der Waals surface area contributed by atoms with Gasteiger partial charge < -0.3 is 38.6 Å². The quantitative estimate of drug-likeness (QED) is 0.0485. The second-order valence-corrected chi connectivity index (χ2v) is 13.6. The molecule has 14 heteroatoms. The molecule has 0 saturated heterocycles. The fraction of sp³-hybridized carbons (Fsp3) is 0.395. The number of hydrogen-bond donors (Lipinski definition) is 2. The average Bonchev–Trinajstić information content (AvgIpc) is 3.15. The Hall–Kier alpha value is -6.18. The third-order valence-corrected chi connectivity index (χ3v) is 8.32. The fourth-order valence-corrected chi connectivity index (χ4v) is 5.10. The number of benzene rings is 2.